The van der Waals surface area contributed by atoms with E-state index in [9.17, 15) is 0 Å². The number of aromatic nitrogens is 4. The molecule has 0 radical (unpaired) electrons. The van der Waals surface area contributed by atoms with Crippen LogP contribution in [0.15, 0.2) is 67.3 Å². The number of aryl methyl sites for hydroxylation is 2. The van der Waals surface area contributed by atoms with Crippen molar-refractivity contribution in [2.45, 2.75) is 33.5 Å². The molecule has 136 valence electrons. The van der Waals surface area contributed by atoms with Crippen LogP contribution in [0, 0.1) is 13.8 Å². The van der Waals surface area contributed by atoms with Crippen molar-refractivity contribution in [2.24, 2.45) is 0 Å². The first-order chi connectivity index (χ1) is 13.2. The predicted octanol–water partition coefficient (Wildman–Crippen LogP) is 3.94. The summed E-state index contributed by atoms with van der Waals surface area (Å²) in [6.07, 6.45) is 7.52. The first-order valence-corrected chi connectivity index (χ1v) is 9.14. The zero-order valence-corrected chi connectivity index (χ0v) is 15.7. The Morgan fingerprint density at radius 3 is 2.30 bits per heavy atom. The van der Waals surface area contributed by atoms with Gasteiger partial charge in [0.05, 0.1) is 11.4 Å². The molecule has 0 unspecified atom stereocenters. The van der Waals surface area contributed by atoms with Gasteiger partial charge >= 0.3 is 0 Å². The lowest BCUT2D eigenvalue weighted by Gasteiger charge is -2.23. The van der Waals surface area contributed by atoms with Gasteiger partial charge in [-0.3, -0.25) is 14.3 Å². The van der Waals surface area contributed by atoms with Crippen LogP contribution in [0.5, 0.6) is 0 Å². The Morgan fingerprint density at radius 1 is 0.852 bits per heavy atom. The maximum absolute atomic E-state index is 4.61. The van der Waals surface area contributed by atoms with Crippen molar-refractivity contribution < 1.29 is 0 Å². The summed E-state index contributed by atoms with van der Waals surface area (Å²) in [7, 11) is 0. The fraction of sp³-hybridized carbons (Fsp3) is 0.227. The van der Waals surface area contributed by atoms with E-state index in [1.165, 1.54) is 22.4 Å². The van der Waals surface area contributed by atoms with Crippen LogP contribution in [0.4, 0.5) is 0 Å². The maximum Gasteiger partial charge on any atom is 0.234 e. The van der Waals surface area contributed by atoms with Gasteiger partial charge in [-0.2, -0.15) is 0 Å². The van der Waals surface area contributed by atoms with Crippen molar-refractivity contribution in [3.05, 3.63) is 95.3 Å². The molecule has 4 rings (SSSR count). The molecule has 3 aromatic heterocycles. The zero-order valence-electron chi connectivity index (χ0n) is 15.7. The summed E-state index contributed by atoms with van der Waals surface area (Å²) in [6, 6.07) is 14.9. The third-order valence-electron chi connectivity index (χ3n) is 4.76. The number of pyridine rings is 1. The molecule has 0 amide bonds. The Labute approximate surface area is 159 Å². The summed E-state index contributed by atoms with van der Waals surface area (Å²) in [6.45, 7) is 6.70. The van der Waals surface area contributed by atoms with Crippen molar-refractivity contribution >= 4 is 5.78 Å². The second-order valence-corrected chi connectivity index (χ2v) is 6.92. The minimum atomic E-state index is 0.754. The van der Waals surface area contributed by atoms with Gasteiger partial charge in [-0.1, -0.05) is 29.8 Å². The van der Waals surface area contributed by atoms with Crippen molar-refractivity contribution in [3.63, 3.8) is 0 Å². The molecule has 0 saturated heterocycles. The van der Waals surface area contributed by atoms with E-state index in [1.54, 1.807) is 6.20 Å². The Balaban J connectivity index is 1.64. The van der Waals surface area contributed by atoms with Crippen molar-refractivity contribution in [1.82, 2.24) is 24.3 Å². The van der Waals surface area contributed by atoms with Crippen LogP contribution >= 0.6 is 0 Å². The number of benzene rings is 1. The van der Waals surface area contributed by atoms with Crippen LogP contribution in [0.3, 0.4) is 0 Å². The molecule has 0 aliphatic rings. The number of hydrogen-bond acceptors (Lipinski definition) is 4. The fourth-order valence-corrected chi connectivity index (χ4v) is 3.31. The van der Waals surface area contributed by atoms with E-state index in [4.69, 9.17) is 0 Å². The van der Waals surface area contributed by atoms with E-state index in [-0.39, 0.29) is 0 Å². The summed E-state index contributed by atoms with van der Waals surface area (Å²) in [5.74, 6) is 0.754. The van der Waals surface area contributed by atoms with Gasteiger partial charge in [0, 0.05) is 44.4 Å². The normalized spacial score (nSPS) is 11.4. The number of rotatable bonds is 6. The summed E-state index contributed by atoms with van der Waals surface area (Å²) in [5.41, 5.74) is 6.04. The highest BCUT2D eigenvalue weighted by atomic mass is 15.2. The number of fused-ring (bicyclic) bond motifs is 1. The fourth-order valence-electron chi connectivity index (χ4n) is 3.31. The summed E-state index contributed by atoms with van der Waals surface area (Å²) in [4.78, 5) is 15.5. The zero-order chi connectivity index (χ0) is 18.6. The second-order valence-electron chi connectivity index (χ2n) is 6.92. The Hall–Kier alpha value is -3.05. The van der Waals surface area contributed by atoms with Crippen molar-refractivity contribution in [3.8, 4) is 0 Å². The molecule has 0 aliphatic heterocycles. The van der Waals surface area contributed by atoms with Gasteiger partial charge in [0.15, 0.2) is 0 Å². The van der Waals surface area contributed by atoms with E-state index >= 15 is 0 Å². The average molecular weight is 357 g/mol. The van der Waals surface area contributed by atoms with Crippen LogP contribution in [0.25, 0.3) is 5.78 Å². The highest BCUT2D eigenvalue weighted by Gasteiger charge is 2.15. The molecular weight excluding hydrogens is 334 g/mol. The Morgan fingerprint density at radius 2 is 1.56 bits per heavy atom. The number of imidazole rings is 1. The smallest absolute Gasteiger partial charge is 0.234 e. The van der Waals surface area contributed by atoms with Gasteiger partial charge in [0.2, 0.25) is 5.78 Å². The van der Waals surface area contributed by atoms with E-state index in [1.807, 2.05) is 24.7 Å². The molecular formula is C22H23N5. The molecule has 0 atom stereocenters. The standard InChI is InChI=1S/C22H23N5/c1-17-4-6-19(7-5-17)14-26(15-20-8-11-23-12-9-20)16-21-18(2)25-22-24-10-3-13-27(21)22/h3-13H,14-16H2,1-2H3. The molecule has 0 bridgehead atoms. The topological polar surface area (TPSA) is 46.3 Å². The van der Waals surface area contributed by atoms with Gasteiger partial charge < -0.3 is 0 Å². The van der Waals surface area contributed by atoms with Crippen LogP contribution in [-0.2, 0) is 19.6 Å². The number of hydrogen-bond donors (Lipinski definition) is 0. The van der Waals surface area contributed by atoms with Crippen LogP contribution in [-0.4, -0.2) is 24.3 Å². The summed E-state index contributed by atoms with van der Waals surface area (Å²) >= 11 is 0. The summed E-state index contributed by atoms with van der Waals surface area (Å²) in [5, 5.41) is 0. The molecule has 5 heteroatoms. The van der Waals surface area contributed by atoms with Gasteiger partial charge in [0.1, 0.15) is 0 Å². The molecule has 3 heterocycles. The van der Waals surface area contributed by atoms with Gasteiger partial charge in [-0.15, -0.1) is 0 Å². The van der Waals surface area contributed by atoms with Crippen LogP contribution in [0.2, 0.25) is 0 Å². The highest BCUT2D eigenvalue weighted by Crippen LogP contribution is 2.17. The van der Waals surface area contributed by atoms with Crippen molar-refractivity contribution in [1.29, 1.82) is 0 Å². The average Bonchev–Trinajstić information content (AvgIpc) is 3.00. The monoisotopic (exact) mass is 357 g/mol. The predicted molar refractivity (Wildman–Crippen MR) is 106 cm³/mol. The lowest BCUT2D eigenvalue weighted by atomic mass is 10.1. The van der Waals surface area contributed by atoms with E-state index in [0.717, 1.165) is 31.1 Å². The van der Waals surface area contributed by atoms with E-state index < -0.39 is 0 Å². The molecule has 0 aliphatic carbocycles. The molecule has 0 fully saturated rings. The third kappa shape index (κ3) is 4.04. The Bertz CT molecular complexity index is 1020. The Kier molecular flexibility index (Phi) is 4.94. The quantitative estimate of drug-likeness (QED) is 0.524. The van der Waals surface area contributed by atoms with Gasteiger partial charge in [0.25, 0.3) is 0 Å². The third-order valence-corrected chi connectivity index (χ3v) is 4.76. The molecule has 0 saturated carbocycles. The lowest BCUT2D eigenvalue weighted by Crippen LogP contribution is -2.23. The SMILES string of the molecule is Cc1ccc(CN(Cc2ccncc2)Cc2c(C)nc3ncccn23)cc1. The lowest BCUT2D eigenvalue weighted by molar-refractivity contribution is 0.243. The molecule has 5 nitrogen and oxygen atoms in total. The van der Waals surface area contributed by atoms with E-state index in [2.05, 4.69) is 74.5 Å². The highest BCUT2D eigenvalue weighted by molar-refractivity contribution is 5.35. The van der Waals surface area contributed by atoms with E-state index in [0.29, 0.717) is 0 Å². The molecule has 0 spiro atoms. The largest absolute Gasteiger partial charge is 0.289 e. The minimum absolute atomic E-state index is 0.754. The molecule has 27 heavy (non-hydrogen) atoms. The summed E-state index contributed by atoms with van der Waals surface area (Å²) < 4.78 is 2.09. The second kappa shape index (κ2) is 7.68. The maximum atomic E-state index is 4.61. The van der Waals surface area contributed by atoms with Gasteiger partial charge in [-0.05, 0) is 43.2 Å². The first-order valence-electron chi connectivity index (χ1n) is 9.14. The first kappa shape index (κ1) is 17.4. The molecule has 0 N–H and O–H groups in total. The minimum Gasteiger partial charge on any atom is -0.289 e. The number of nitrogens with zero attached hydrogens (tertiary/aromatic N) is 5. The van der Waals surface area contributed by atoms with Crippen LogP contribution in [0.1, 0.15) is 28.1 Å². The van der Waals surface area contributed by atoms with Crippen LogP contribution < -0.4 is 0 Å². The van der Waals surface area contributed by atoms with Crippen molar-refractivity contribution in [2.75, 3.05) is 0 Å². The molecule has 1 aromatic carbocycles. The molecule has 4 aromatic rings. The van der Waals surface area contributed by atoms with Gasteiger partial charge in [-0.25, -0.2) is 9.97 Å².